The molecule has 1 aliphatic rings. The van der Waals surface area contributed by atoms with Gasteiger partial charge in [-0.05, 0) is 12.0 Å². The Labute approximate surface area is 168 Å². The Morgan fingerprint density at radius 1 is 1.04 bits per heavy atom. The molecule has 0 atom stereocenters. The van der Waals surface area contributed by atoms with Crippen molar-refractivity contribution in [3.63, 3.8) is 0 Å². The molecule has 4 rings (SSSR count). The molecule has 0 saturated carbocycles. The highest BCUT2D eigenvalue weighted by Crippen LogP contribution is 2.23. The molecular weight excluding hydrogens is 374 g/mol. The van der Waals surface area contributed by atoms with Crippen LogP contribution in [0.2, 0.25) is 0 Å². The number of aromatic nitrogens is 3. The lowest BCUT2D eigenvalue weighted by molar-refractivity contribution is 0.282. The van der Waals surface area contributed by atoms with E-state index in [1.807, 2.05) is 24.0 Å². The summed E-state index contributed by atoms with van der Waals surface area (Å²) in [6.45, 7) is 5.07. The highest BCUT2D eigenvalue weighted by atomic mass is 32.2. The van der Waals surface area contributed by atoms with Crippen molar-refractivity contribution in [3.8, 4) is 0 Å². The van der Waals surface area contributed by atoms with E-state index in [0.717, 1.165) is 55.7 Å². The molecule has 7 heteroatoms. The quantitative estimate of drug-likeness (QED) is 0.587. The number of hydrogen-bond acceptors (Lipinski definition) is 7. The van der Waals surface area contributed by atoms with Crippen LogP contribution < -0.4 is 4.90 Å². The predicted octanol–water partition coefficient (Wildman–Crippen LogP) is 3.94. The van der Waals surface area contributed by atoms with Gasteiger partial charge in [-0.3, -0.25) is 9.88 Å². The molecule has 0 spiro atoms. The first kappa shape index (κ1) is 18.4. The van der Waals surface area contributed by atoms with Gasteiger partial charge in [0.2, 0.25) is 0 Å². The summed E-state index contributed by atoms with van der Waals surface area (Å²) in [5.74, 6) is 1.91. The maximum Gasteiger partial charge on any atom is 0.148 e. The molecule has 1 saturated heterocycles. The van der Waals surface area contributed by atoms with Crippen molar-refractivity contribution in [2.24, 2.45) is 0 Å². The Hall–Kier alpha value is -1.96. The van der Waals surface area contributed by atoms with E-state index < -0.39 is 0 Å². The van der Waals surface area contributed by atoms with Crippen LogP contribution in [-0.4, -0.2) is 46.0 Å². The first-order valence-corrected chi connectivity index (χ1v) is 11.1. The van der Waals surface area contributed by atoms with Crippen LogP contribution in [-0.2, 0) is 12.3 Å². The first-order chi connectivity index (χ1) is 13.4. The Kier molecular flexibility index (Phi) is 6.34. The largest absolute Gasteiger partial charge is 0.354 e. The van der Waals surface area contributed by atoms with Gasteiger partial charge < -0.3 is 4.90 Å². The number of hydrogen-bond donors (Lipinski definition) is 0. The van der Waals surface area contributed by atoms with Gasteiger partial charge in [0.15, 0.2) is 0 Å². The molecule has 1 aromatic carbocycles. The fraction of sp³-hybridized carbons (Fsp3) is 0.350. The zero-order chi connectivity index (χ0) is 18.3. The smallest absolute Gasteiger partial charge is 0.148 e. The van der Waals surface area contributed by atoms with Crippen molar-refractivity contribution in [1.82, 2.24) is 19.9 Å². The molecule has 3 aromatic rings. The highest BCUT2D eigenvalue weighted by Gasteiger charge is 2.17. The van der Waals surface area contributed by atoms with Crippen LogP contribution in [0.4, 0.5) is 5.82 Å². The highest BCUT2D eigenvalue weighted by molar-refractivity contribution is 7.98. The van der Waals surface area contributed by atoms with Gasteiger partial charge in [0.1, 0.15) is 10.8 Å². The summed E-state index contributed by atoms with van der Waals surface area (Å²) in [4.78, 5) is 18.5. The number of anilines is 1. The second-order valence-electron chi connectivity index (χ2n) is 6.59. The second kappa shape index (κ2) is 9.30. The molecule has 0 bridgehead atoms. The third kappa shape index (κ3) is 5.28. The molecule has 0 aliphatic carbocycles. The standard InChI is InChI=1S/C20H23N5S2/c1-2-5-17(6-3-1)14-27-20-12-21-11-19(23-20)25-8-4-7-24(9-10-25)13-18-15-26-16-22-18/h1-3,5-6,11-12,15-16H,4,7-10,13-14H2. The van der Waals surface area contributed by atoms with Crippen molar-refractivity contribution < 1.29 is 0 Å². The number of rotatable bonds is 6. The lowest BCUT2D eigenvalue weighted by atomic mass is 10.2. The summed E-state index contributed by atoms with van der Waals surface area (Å²) >= 11 is 3.41. The van der Waals surface area contributed by atoms with Crippen molar-refractivity contribution in [2.75, 3.05) is 31.1 Å². The molecule has 140 valence electrons. The van der Waals surface area contributed by atoms with Crippen molar-refractivity contribution in [2.45, 2.75) is 23.7 Å². The summed E-state index contributed by atoms with van der Waals surface area (Å²) in [7, 11) is 0. The van der Waals surface area contributed by atoms with Crippen LogP contribution in [0.3, 0.4) is 0 Å². The molecule has 1 fully saturated rings. The average molecular weight is 398 g/mol. The summed E-state index contributed by atoms with van der Waals surface area (Å²) in [6.07, 6.45) is 4.89. The molecule has 0 amide bonds. The molecule has 3 heterocycles. The van der Waals surface area contributed by atoms with Gasteiger partial charge in [0, 0.05) is 43.9 Å². The normalized spacial score (nSPS) is 15.6. The Bertz CT molecular complexity index is 825. The third-order valence-electron chi connectivity index (χ3n) is 4.61. The van der Waals surface area contributed by atoms with Crippen molar-refractivity contribution in [3.05, 3.63) is 64.9 Å². The molecule has 27 heavy (non-hydrogen) atoms. The molecule has 0 radical (unpaired) electrons. The fourth-order valence-corrected chi connectivity index (χ4v) is 4.54. The van der Waals surface area contributed by atoms with Gasteiger partial charge in [0.25, 0.3) is 0 Å². The van der Waals surface area contributed by atoms with Crippen LogP contribution >= 0.6 is 23.1 Å². The van der Waals surface area contributed by atoms with E-state index in [4.69, 9.17) is 4.98 Å². The monoisotopic (exact) mass is 397 g/mol. The van der Waals surface area contributed by atoms with Gasteiger partial charge in [-0.1, -0.05) is 30.3 Å². The minimum absolute atomic E-state index is 0.917. The van der Waals surface area contributed by atoms with Crippen molar-refractivity contribution >= 4 is 28.9 Å². The van der Waals surface area contributed by atoms with Crippen molar-refractivity contribution in [1.29, 1.82) is 0 Å². The van der Waals surface area contributed by atoms with Crippen LogP contribution in [0.1, 0.15) is 17.7 Å². The maximum absolute atomic E-state index is 4.85. The topological polar surface area (TPSA) is 45.2 Å². The first-order valence-electron chi connectivity index (χ1n) is 9.20. The Morgan fingerprint density at radius 2 is 1.96 bits per heavy atom. The van der Waals surface area contributed by atoms with E-state index in [9.17, 15) is 0 Å². The lowest BCUT2D eigenvalue weighted by Gasteiger charge is -2.22. The summed E-state index contributed by atoms with van der Waals surface area (Å²) in [5, 5.41) is 3.13. The predicted molar refractivity (Wildman–Crippen MR) is 112 cm³/mol. The van der Waals surface area contributed by atoms with Crippen LogP contribution in [0.25, 0.3) is 0 Å². The summed E-state index contributed by atoms with van der Waals surface area (Å²) in [6, 6.07) is 10.5. The summed E-state index contributed by atoms with van der Waals surface area (Å²) in [5.41, 5.74) is 4.39. The minimum Gasteiger partial charge on any atom is -0.354 e. The number of thiazole rings is 1. The van der Waals surface area contributed by atoms with Gasteiger partial charge in [0.05, 0.1) is 23.6 Å². The SMILES string of the molecule is c1ccc(CSc2cncc(N3CCCN(Cc4cscn4)CC3)n2)cc1. The van der Waals surface area contributed by atoms with Crippen LogP contribution in [0.15, 0.2) is 58.6 Å². The number of thioether (sulfide) groups is 1. The Morgan fingerprint density at radius 3 is 2.81 bits per heavy atom. The van der Waals surface area contributed by atoms with Gasteiger partial charge in [-0.15, -0.1) is 23.1 Å². The molecule has 1 aliphatic heterocycles. The van der Waals surface area contributed by atoms with E-state index in [-0.39, 0.29) is 0 Å². The second-order valence-corrected chi connectivity index (χ2v) is 8.30. The molecule has 0 N–H and O–H groups in total. The average Bonchev–Trinajstić information content (AvgIpc) is 3.11. The molecule has 0 unspecified atom stereocenters. The zero-order valence-corrected chi connectivity index (χ0v) is 16.8. The fourth-order valence-electron chi connectivity index (χ4n) is 3.19. The third-order valence-corrected chi connectivity index (χ3v) is 6.22. The van der Waals surface area contributed by atoms with E-state index in [1.54, 1.807) is 23.1 Å². The van der Waals surface area contributed by atoms with Gasteiger partial charge in [-0.25, -0.2) is 9.97 Å². The van der Waals surface area contributed by atoms with E-state index in [2.05, 4.69) is 49.4 Å². The number of benzene rings is 1. The summed E-state index contributed by atoms with van der Waals surface area (Å²) < 4.78 is 0. The molecule has 5 nitrogen and oxygen atoms in total. The number of nitrogens with zero attached hydrogens (tertiary/aromatic N) is 5. The maximum atomic E-state index is 4.85. The minimum atomic E-state index is 0.917. The molecular formula is C20H23N5S2. The van der Waals surface area contributed by atoms with E-state index in [1.165, 1.54) is 11.3 Å². The zero-order valence-electron chi connectivity index (χ0n) is 15.2. The van der Waals surface area contributed by atoms with E-state index in [0.29, 0.717) is 0 Å². The van der Waals surface area contributed by atoms with E-state index >= 15 is 0 Å². The lowest BCUT2D eigenvalue weighted by Crippen LogP contribution is -2.31. The van der Waals surface area contributed by atoms with Gasteiger partial charge >= 0.3 is 0 Å². The van der Waals surface area contributed by atoms with Crippen LogP contribution in [0, 0.1) is 0 Å². The Balaban J connectivity index is 1.35. The van der Waals surface area contributed by atoms with Gasteiger partial charge in [-0.2, -0.15) is 0 Å². The van der Waals surface area contributed by atoms with Crippen LogP contribution in [0.5, 0.6) is 0 Å². The molecule has 2 aromatic heterocycles.